The Labute approximate surface area is 126 Å². The SMILES string of the molecule is Cc1nc(C(=O)NCc2ccc(Cl)cc2)ccc1C(=O)O. The molecule has 0 unspecified atom stereocenters. The van der Waals surface area contributed by atoms with Gasteiger partial charge in [0.15, 0.2) is 0 Å². The maximum atomic E-state index is 12.0. The van der Waals surface area contributed by atoms with Crippen LogP contribution in [0.4, 0.5) is 0 Å². The summed E-state index contributed by atoms with van der Waals surface area (Å²) >= 11 is 5.78. The molecule has 2 rings (SSSR count). The van der Waals surface area contributed by atoms with E-state index < -0.39 is 5.97 Å². The van der Waals surface area contributed by atoms with Crippen LogP contribution in [0.25, 0.3) is 0 Å². The summed E-state index contributed by atoms with van der Waals surface area (Å²) in [5.74, 6) is -1.42. The zero-order chi connectivity index (χ0) is 15.4. The lowest BCUT2D eigenvalue weighted by Crippen LogP contribution is -2.24. The van der Waals surface area contributed by atoms with Crippen molar-refractivity contribution in [1.29, 1.82) is 0 Å². The number of carbonyl (C=O) groups excluding carboxylic acids is 1. The summed E-state index contributed by atoms with van der Waals surface area (Å²) < 4.78 is 0. The van der Waals surface area contributed by atoms with E-state index in [1.54, 1.807) is 19.1 Å². The molecule has 0 radical (unpaired) electrons. The van der Waals surface area contributed by atoms with E-state index in [1.807, 2.05) is 12.1 Å². The van der Waals surface area contributed by atoms with Crippen LogP contribution in [-0.4, -0.2) is 22.0 Å². The number of aromatic carboxylic acids is 1. The molecule has 0 spiro atoms. The minimum atomic E-state index is -1.06. The highest BCUT2D eigenvalue weighted by atomic mass is 35.5. The van der Waals surface area contributed by atoms with Crippen LogP contribution in [0.3, 0.4) is 0 Å². The fourth-order valence-corrected chi connectivity index (χ4v) is 1.91. The van der Waals surface area contributed by atoms with Crippen molar-refractivity contribution in [2.24, 2.45) is 0 Å². The highest BCUT2D eigenvalue weighted by Crippen LogP contribution is 2.10. The molecule has 0 saturated carbocycles. The first-order valence-corrected chi connectivity index (χ1v) is 6.59. The molecule has 0 atom stereocenters. The quantitative estimate of drug-likeness (QED) is 0.910. The van der Waals surface area contributed by atoms with Crippen LogP contribution in [0, 0.1) is 6.92 Å². The number of pyridine rings is 1. The topological polar surface area (TPSA) is 79.3 Å². The minimum Gasteiger partial charge on any atom is -0.478 e. The Kier molecular flexibility index (Phi) is 4.55. The Morgan fingerprint density at radius 1 is 1.19 bits per heavy atom. The van der Waals surface area contributed by atoms with Crippen LogP contribution in [0.15, 0.2) is 36.4 Å². The lowest BCUT2D eigenvalue weighted by Gasteiger charge is -2.07. The van der Waals surface area contributed by atoms with Gasteiger partial charge in [0.25, 0.3) is 5.91 Å². The van der Waals surface area contributed by atoms with Gasteiger partial charge in [-0.3, -0.25) is 4.79 Å². The van der Waals surface area contributed by atoms with Crippen molar-refractivity contribution in [2.45, 2.75) is 13.5 Å². The molecule has 2 N–H and O–H groups in total. The average Bonchev–Trinajstić information content (AvgIpc) is 2.45. The Hall–Kier alpha value is -2.40. The molecule has 2 aromatic rings. The zero-order valence-electron chi connectivity index (χ0n) is 11.3. The second-order valence-corrected chi connectivity index (χ2v) is 4.88. The van der Waals surface area contributed by atoms with Crippen LogP contribution in [0.1, 0.15) is 32.1 Å². The minimum absolute atomic E-state index is 0.0873. The number of benzene rings is 1. The third kappa shape index (κ3) is 3.79. The van der Waals surface area contributed by atoms with E-state index in [2.05, 4.69) is 10.3 Å². The van der Waals surface area contributed by atoms with Crippen molar-refractivity contribution in [3.63, 3.8) is 0 Å². The average molecular weight is 305 g/mol. The first kappa shape index (κ1) is 15.0. The maximum absolute atomic E-state index is 12.0. The van der Waals surface area contributed by atoms with Crippen LogP contribution >= 0.6 is 11.6 Å². The van der Waals surface area contributed by atoms with Crippen molar-refractivity contribution in [2.75, 3.05) is 0 Å². The van der Waals surface area contributed by atoms with E-state index in [4.69, 9.17) is 16.7 Å². The Morgan fingerprint density at radius 3 is 2.43 bits per heavy atom. The first-order chi connectivity index (χ1) is 9.97. The number of carboxylic acid groups (broad SMARTS) is 1. The number of halogens is 1. The fourth-order valence-electron chi connectivity index (χ4n) is 1.79. The highest BCUT2D eigenvalue weighted by molar-refractivity contribution is 6.30. The van der Waals surface area contributed by atoms with Gasteiger partial charge in [-0.25, -0.2) is 9.78 Å². The molecule has 0 aliphatic heterocycles. The van der Waals surface area contributed by atoms with Crippen molar-refractivity contribution in [1.82, 2.24) is 10.3 Å². The first-order valence-electron chi connectivity index (χ1n) is 6.21. The van der Waals surface area contributed by atoms with E-state index in [0.29, 0.717) is 17.3 Å². The van der Waals surface area contributed by atoms with E-state index in [0.717, 1.165) is 5.56 Å². The van der Waals surface area contributed by atoms with Gasteiger partial charge in [-0.15, -0.1) is 0 Å². The van der Waals surface area contributed by atoms with Gasteiger partial charge >= 0.3 is 5.97 Å². The highest BCUT2D eigenvalue weighted by Gasteiger charge is 2.12. The maximum Gasteiger partial charge on any atom is 0.337 e. The van der Waals surface area contributed by atoms with Gasteiger partial charge in [0.2, 0.25) is 0 Å². The number of aromatic nitrogens is 1. The predicted octanol–water partition coefficient (Wildman–Crippen LogP) is 2.67. The predicted molar refractivity (Wildman–Crippen MR) is 78.6 cm³/mol. The van der Waals surface area contributed by atoms with Gasteiger partial charge in [0, 0.05) is 11.6 Å². The number of amides is 1. The molecule has 1 heterocycles. The summed E-state index contributed by atoms with van der Waals surface area (Å²) in [4.78, 5) is 26.9. The largest absolute Gasteiger partial charge is 0.478 e. The van der Waals surface area contributed by atoms with Crippen molar-refractivity contribution < 1.29 is 14.7 Å². The molecule has 0 aliphatic rings. The van der Waals surface area contributed by atoms with E-state index in [9.17, 15) is 9.59 Å². The van der Waals surface area contributed by atoms with Crippen molar-refractivity contribution in [3.8, 4) is 0 Å². The van der Waals surface area contributed by atoms with Crippen LogP contribution in [0.2, 0.25) is 5.02 Å². The lowest BCUT2D eigenvalue weighted by molar-refractivity contribution is 0.0694. The van der Waals surface area contributed by atoms with Gasteiger partial charge in [-0.2, -0.15) is 0 Å². The molecule has 1 aromatic carbocycles. The molecule has 0 aliphatic carbocycles. The van der Waals surface area contributed by atoms with Crippen molar-refractivity contribution >= 4 is 23.5 Å². The molecule has 1 aromatic heterocycles. The van der Waals surface area contributed by atoms with Crippen LogP contribution in [-0.2, 0) is 6.54 Å². The van der Waals surface area contributed by atoms with Gasteiger partial charge in [-0.05, 0) is 36.8 Å². The molecular weight excluding hydrogens is 292 g/mol. The molecule has 0 fully saturated rings. The summed E-state index contributed by atoms with van der Waals surface area (Å²) in [5, 5.41) is 12.3. The van der Waals surface area contributed by atoms with Gasteiger partial charge in [0.1, 0.15) is 5.69 Å². The fraction of sp³-hybridized carbons (Fsp3) is 0.133. The third-order valence-corrected chi connectivity index (χ3v) is 3.17. The van der Waals surface area contributed by atoms with E-state index in [-0.39, 0.29) is 17.2 Å². The molecule has 0 saturated heterocycles. The normalized spacial score (nSPS) is 10.2. The number of hydrogen-bond donors (Lipinski definition) is 2. The third-order valence-electron chi connectivity index (χ3n) is 2.92. The number of nitrogens with zero attached hydrogens (tertiary/aromatic N) is 1. The van der Waals surface area contributed by atoms with Gasteiger partial charge in [-0.1, -0.05) is 23.7 Å². The molecular formula is C15H13ClN2O3. The molecule has 0 bridgehead atoms. The summed E-state index contributed by atoms with van der Waals surface area (Å²) in [5.41, 5.74) is 1.49. The molecule has 108 valence electrons. The lowest BCUT2D eigenvalue weighted by atomic mass is 10.2. The second kappa shape index (κ2) is 6.37. The molecule has 1 amide bonds. The summed E-state index contributed by atoms with van der Waals surface area (Å²) in [6.45, 7) is 1.90. The zero-order valence-corrected chi connectivity index (χ0v) is 12.0. The number of aryl methyl sites for hydroxylation is 1. The Balaban J connectivity index is 2.05. The molecule has 6 heteroatoms. The summed E-state index contributed by atoms with van der Waals surface area (Å²) in [7, 11) is 0. The van der Waals surface area contributed by atoms with Gasteiger partial charge < -0.3 is 10.4 Å². The number of carboxylic acids is 1. The molecule has 21 heavy (non-hydrogen) atoms. The van der Waals surface area contributed by atoms with Crippen molar-refractivity contribution in [3.05, 3.63) is 63.9 Å². The van der Waals surface area contributed by atoms with E-state index in [1.165, 1.54) is 12.1 Å². The van der Waals surface area contributed by atoms with Crippen LogP contribution < -0.4 is 5.32 Å². The smallest absolute Gasteiger partial charge is 0.337 e. The summed E-state index contributed by atoms with van der Waals surface area (Å²) in [6.07, 6.45) is 0. The van der Waals surface area contributed by atoms with E-state index >= 15 is 0 Å². The number of nitrogens with one attached hydrogen (secondary N) is 1. The number of rotatable bonds is 4. The Morgan fingerprint density at radius 2 is 1.86 bits per heavy atom. The number of hydrogen-bond acceptors (Lipinski definition) is 3. The standard InChI is InChI=1S/C15H13ClN2O3/c1-9-12(15(20)21)6-7-13(18-9)14(19)17-8-10-2-4-11(16)5-3-10/h2-7H,8H2,1H3,(H,17,19)(H,20,21). The summed E-state index contributed by atoms with van der Waals surface area (Å²) in [6, 6.07) is 9.89. The Bertz CT molecular complexity index is 684. The molecule has 5 nitrogen and oxygen atoms in total. The second-order valence-electron chi connectivity index (χ2n) is 4.44. The monoisotopic (exact) mass is 304 g/mol. The van der Waals surface area contributed by atoms with Crippen LogP contribution in [0.5, 0.6) is 0 Å². The number of carbonyl (C=O) groups is 2. The van der Waals surface area contributed by atoms with Gasteiger partial charge in [0.05, 0.1) is 11.3 Å².